The van der Waals surface area contributed by atoms with E-state index in [2.05, 4.69) is 10.6 Å². The minimum Gasteiger partial charge on any atom is -0.464 e. The molecule has 0 spiro atoms. The van der Waals surface area contributed by atoms with Crippen LogP contribution in [-0.4, -0.2) is 118 Å². The van der Waals surface area contributed by atoms with E-state index in [0.717, 1.165) is 24.3 Å². The Labute approximate surface area is 376 Å². The van der Waals surface area contributed by atoms with Crippen LogP contribution in [0, 0.1) is 0 Å². The van der Waals surface area contributed by atoms with Crippen LogP contribution in [0.25, 0.3) is 0 Å². The smallest absolute Gasteiger partial charge is 0.464 e. The normalized spacial score (nSPS) is 24.7. The summed E-state index contributed by atoms with van der Waals surface area (Å²) >= 11 is 1.18. The van der Waals surface area contributed by atoms with E-state index in [9.17, 15) is 46.8 Å². The van der Waals surface area contributed by atoms with Gasteiger partial charge in [-0.25, -0.2) is 27.6 Å². The van der Waals surface area contributed by atoms with E-state index in [1.807, 2.05) is 6.07 Å². The Morgan fingerprint density at radius 1 is 0.769 bits per heavy atom. The second-order valence-electron chi connectivity index (χ2n) is 16.1. The number of β-lactam (4-membered cyclic amide) rings is 2. The molecule has 4 fully saturated rings. The lowest BCUT2D eigenvalue weighted by atomic mass is 9.95. The van der Waals surface area contributed by atoms with E-state index < -0.39 is 116 Å². The van der Waals surface area contributed by atoms with Gasteiger partial charge < -0.3 is 48.9 Å². The lowest BCUT2D eigenvalue weighted by Gasteiger charge is -2.44. The summed E-state index contributed by atoms with van der Waals surface area (Å²) in [6, 6.07) is 17.8. The van der Waals surface area contributed by atoms with Gasteiger partial charge in [0.15, 0.2) is 15.9 Å². The van der Waals surface area contributed by atoms with Crippen LogP contribution in [0.15, 0.2) is 84.9 Å². The minimum atomic E-state index is -4.21. The van der Waals surface area contributed by atoms with Crippen molar-refractivity contribution in [2.24, 2.45) is 0 Å². The van der Waals surface area contributed by atoms with Crippen LogP contribution in [0.2, 0.25) is 0 Å². The van der Waals surface area contributed by atoms with E-state index in [-0.39, 0.29) is 30.9 Å². The van der Waals surface area contributed by atoms with E-state index in [0.29, 0.717) is 5.56 Å². The summed E-state index contributed by atoms with van der Waals surface area (Å²) in [6.07, 6.45) is -2.30. The van der Waals surface area contributed by atoms with Gasteiger partial charge in [-0.15, -0.1) is 11.8 Å². The number of nitrogens with zero attached hydrogens (tertiary/aromatic N) is 2. The summed E-state index contributed by atoms with van der Waals surface area (Å²) in [6.45, 7) is 3.64. The fourth-order valence-electron chi connectivity index (χ4n) is 7.92. The molecule has 2 N–H and O–H groups in total. The molecule has 4 aliphatic rings. The fourth-order valence-corrected chi connectivity index (χ4v) is 11.8. The van der Waals surface area contributed by atoms with Crippen LogP contribution >= 0.6 is 11.8 Å². The van der Waals surface area contributed by atoms with Gasteiger partial charge in [0.05, 0.1) is 6.42 Å². The van der Waals surface area contributed by atoms with Crippen molar-refractivity contribution >= 4 is 69.5 Å². The van der Waals surface area contributed by atoms with Gasteiger partial charge in [0, 0.05) is 11.7 Å². The highest BCUT2D eigenvalue weighted by Gasteiger charge is 2.71. The Morgan fingerprint density at radius 3 is 1.94 bits per heavy atom. The summed E-state index contributed by atoms with van der Waals surface area (Å²) in [4.78, 5) is 106. The third-order valence-corrected chi connectivity index (χ3v) is 15.6. The largest absolute Gasteiger partial charge is 0.514 e. The molecule has 7 rings (SSSR count). The Kier molecular flexibility index (Phi) is 13.1. The number of amides is 4. The molecule has 7 atom stereocenters. The van der Waals surface area contributed by atoms with Crippen LogP contribution in [0.3, 0.4) is 0 Å². The fraction of sp³-hybridized carbons (Fsp3) is 0.395. The average Bonchev–Trinajstić information content (AvgIpc) is 3.61. The predicted octanol–water partition coefficient (Wildman–Crippen LogP) is 2.64. The first-order valence-corrected chi connectivity index (χ1v) is 22.5. The van der Waals surface area contributed by atoms with Crippen LogP contribution in [-0.2, 0) is 75.5 Å². The molecule has 0 aliphatic carbocycles. The number of hydrogen-bond acceptors (Lipinski definition) is 17. The van der Waals surface area contributed by atoms with Gasteiger partial charge in [-0.2, -0.15) is 0 Å². The van der Waals surface area contributed by atoms with Gasteiger partial charge in [-0.1, -0.05) is 72.8 Å². The number of esters is 3. The number of benzene rings is 3. The third kappa shape index (κ3) is 9.30. The minimum absolute atomic E-state index is 0.0272. The number of carbonyl (C=O) groups excluding carboxylic acids is 8. The molecule has 3 aromatic carbocycles. The lowest BCUT2D eigenvalue weighted by Crippen LogP contribution is -2.71. The zero-order valence-electron chi connectivity index (χ0n) is 35.3. The van der Waals surface area contributed by atoms with Crippen molar-refractivity contribution in [3.8, 4) is 5.75 Å². The Morgan fingerprint density at radius 2 is 1.35 bits per heavy atom. The van der Waals surface area contributed by atoms with Crippen molar-refractivity contribution < 1.29 is 75.2 Å². The molecule has 0 aromatic heterocycles. The first-order valence-electron chi connectivity index (χ1n) is 20.1. The molecule has 4 aliphatic heterocycles. The molecule has 20 nitrogen and oxygen atoms in total. The lowest BCUT2D eigenvalue weighted by molar-refractivity contribution is -0.182. The molecule has 4 heterocycles. The highest BCUT2D eigenvalue weighted by atomic mass is 32.2. The molecule has 1 unspecified atom stereocenters. The maximum Gasteiger partial charge on any atom is 0.514 e. The van der Waals surface area contributed by atoms with Gasteiger partial charge in [-0.3, -0.25) is 19.2 Å². The van der Waals surface area contributed by atoms with Gasteiger partial charge in [0.1, 0.15) is 59.2 Å². The molecular formula is C43H44N4O16S2. The third-order valence-electron chi connectivity index (χ3n) is 11.3. The summed E-state index contributed by atoms with van der Waals surface area (Å²) in [5.41, 5.74) is 1.65. The zero-order chi connectivity index (χ0) is 46.8. The van der Waals surface area contributed by atoms with Crippen LogP contribution in [0.5, 0.6) is 5.75 Å². The standard InChI is InChI=1S/C43H44N4O16S2/c1-24(48)60-22-43(4)34(46-29(49)19-30(46)65(43,56)57)39(53)62-23-61-38(52)33-42(2,3)64-37-32(36(51)47(33)37)44-35(50)31(45-40(54)58-20-25-11-7-5-8-12-25)27-15-17-28(18-16-27)63-41(55)59-21-26-13-9-6-10-14-26/h5-18,30-34,37H,19-23H2,1-4H3,(H,44,50)(H,45,54)/t30-,31?,32-,33+,34+,37-,43+/m1/s1. The first kappa shape index (κ1) is 46.3. The van der Waals surface area contributed by atoms with Crippen molar-refractivity contribution in [3.63, 3.8) is 0 Å². The molecule has 0 radical (unpaired) electrons. The maximum absolute atomic E-state index is 14.0. The van der Waals surface area contributed by atoms with Crippen LogP contribution in [0.1, 0.15) is 56.8 Å². The second-order valence-corrected chi connectivity index (χ2v) is 20.5. The van der Waals surface area contributed by atoms with E-state index in [1.54, 1.807) is 68.4 Å². The number of nitrogens with one attached hydrogen (secondary N) is 2. The molecule has 0 bridgehead atoms. The number of carbonyl (C=O) groups is 8. The maximum atomic E-state index is 14.0. The van der Waals surface area contributed by atoms with Crippen molar-refractivity contribution in [2.45, 2.75) is 91.7 Å². The summed E-state index contributed by atoms with van der Waals surface area (Å²) in [5, 5.41) is 3.09. The Bertz CT molecular complexity index is 2490. The average molecular weight is 937 g/mol. The number of hydrogen-bond donors (Lipinski definition) is 2. The Hall–Kier alpha value is -6.68. The van der Waals surface area contributed by atoms with Gasteiger partial charge in [0.2, 0.25) is 24.5 Å². The molecule has 65 heavy (non-hydrogen) atoms. The summed E-state index contributed by atoms with van der Waals surface area (Å²) in [5.74, 6) is -5.06. The van der Waals surface area contributed by atoms with Gasteiger partial charge >= 0.3 is 30.2 Å². The highest BCUT2D eigenvalue weighted by molar-refractivity contribution is 8.01. The number of alkyl carbamates (subject to hydrolysis) is 1. The topological polar surface area (TPSA) is 257 Å². The van der Waals surface area contributed by atoms with Crippen LogP contribution in [0.4, 0.5) is 9.59 Å². The number of sulfone groups is 1. The highest BCUT2D eigenvalue weighted by Crippen LogP contribution is 2.51. The van der Waals surface area contributed by atoms with Crippen molar-refractivity contribution in [1.29, 1.82) is 0 Å². The van der Waals surface area contributed by atoms with E-state index in [1.165, 1.54) is 40.9 Å². The van der Waals surface area contributed by atoms with Crippen molar-refractivity contribution in [2.75, 3.05) is 13.4 Å². The quantitative estimate of drug-likeness (QED) is 0.0730. The van der Waals surface area contributed by atoms with Gasteiger partial charge in [0.25, 0.3) is 0 Å². The van der Waals surface area contributed by atoms with Crippen LogP contribution < -0.4 is 15.4 Å². The number of thioether (sulfide) groups is 1. The van der Waals surface area contributed by atoms with E-state index >= 15 is 0 Å². The molecular weight excluding hydrogens is 893 g/mol. The second kappa shape index (κ2) is 18.4. The molecule has 22 heteroatoms. The number of fused-ring (bicyclic) bond motifs is 2. The van der Waals surface area contributed by atoms with E-state index in [4.69, 9.17) is 28.4 Å². The monoisotopic (exact) mass is 936 g/mol. The molecule has 4 saturated heterocycles. The predicted molar refractivity (Wildman–Crippen MR) is 224 cm³/mol. The summed E-state index contributed by atoms with van der Waals surface area (Å²) in [7, 11) is -4.21. The molecule has 3 aromatic rings. The zero-order valence-corrected chi connectivity index (χ0v) is 37.0. The SMILES string of the molecule is CC(=O)OC[C@@]1(C)[C@H](C(=O)OCOC(=O)[C@@H]2N3C(=O)[C@@H](NC(=O)C(NC(=O)OCc4ccccc4)c4ccc(OC(=O)OCc5ccccc5)cc4)[C@H]3SC2(C)C)N2C(=O)C[C@H]2S1(=O)=O. The number of rotatable bonds is 15. The van der Waals surface area contributed by atoms with Crippen molar-refractivity contribution in [3.05, 3.63) is 102 Å². The van der Waals surface area contributed by atoms with Crippen molar-refractivity contribution in [1.82, 2.24) is 20.4 Å². The molecule has 4 amide bonds. The molecule has 344 valence electrons. The number of ether oxygens (including phenoxy) is 6. The molecule has 0 saturated carbocycles. The van der Waals surface area contributed by atoms with Gasteiger partial charge in [-0.05, 0) is 49.6 Å². The first-order chi connectivity index (χ1) is 30.8. The Balaban J connectivity index is 0.987. The summed E-state index contributed by atoms with van der Waals surface area (Å²) < 4.78 is 54.8.